The van der Waals surface area contributed by atoms with Gasteiger partial charge in [-0.1, -0.05) is 18.2 Å². The molecule has 0 saturated heterocycles. The average molecular weight is 460 g/mol. The summed E-state index contributed by atoms with van der Waals surface area (Å²) in [5, 5.41) is 2.46. The first-order valence-corrected chi connectivity index (χ1v) is 10.7. The summed E-state index contributed by atoms with van der Waals surface area (Å²) in [5.74, 6) is -1.31. The molecule has 12 heteroatoms. The predicted octanol–water partition coefficient (Wildman–Crippen LogP) is 1.30. The molecular formula is C20H21FN6O4S. The number of amides is 3. The summed E-state index contributed by atoms with van der Waals surface area (Å²) in [4.78, 5) is 29.1. The molecule has 3 aromatic rings. The molecule has 0 radical (unpaired) electrons. The number of nitrogens with two attached hydrogens (primary N) is 1. The van der Waals surface area contributed by atoms with Gasteiger partial charge in [-0.2, -0.15) is 12.4 Å². The molecule has 0 aliphatic heterocycles. The Morgan fingerprint density at radius 1 is 1.16 bits per heavy atom. The van der Waals surface area contributed by atoms with Gasteiger partial charge in [0.15, 0.2) is 0 Å². The molecule has 1 aromatic heterocycles. The van der Waals surface area contributed by atoms with Crippen molar-refractivity contribution in [2.75, 3.05) is 26.9 Å². The molecule has 32 heavy (non-hydrogen) atoms. The van der Waals surface area contributed by atoms with Crippen LogP contribution in [0.4, 0.5) is 15.1 Å². The molecule has 4 N–H and O–H groups in total. The SMILES string of the molecule is CNC(=O)C=C(c1cccc(F)c1)c1ccc2nc(N)n(S(=O)(=O)NC(=O)N(C)C)c2c1. The number of carbonyl (C=O) groups excluding carboxylic acids is 2. The molecule has 2 aromatic carbocycles. The number of imidazole rings is 1. The Labute approximate surface area is 183 Å². The van der Waals surface area contributed by atoms with Crippen LogP contribution in [-0.4, -0.2) is 55.4 Å². The van der Waals surface area contributed by atoms with Gasteiger partial charge < -0.3 is 16.0 Å². The molecular weight excluding hydrogens is 439 g/mol. The van der Waals surface area contributed by atoms with Crippen LogP contribution in [0.3, 0.4) is 0 Å². The van der Waals surface area contributed by atoms with E-state index in [-0.39, 0.29) is 17.0 Å². The van der Waals surface area contributed by atoms with Gasteiger partial charge in [0.25, 0.3) is 0 Å². The number of carbonyl (C=O) groups is 2. The highest BCUT2D eigenvalue weighted by atomic mass is 32.2. The van der Waals surface area contributed by atoms with E-state index in [9.17, 15) is 22.4 Å². The van der Waals surface area contributed by atoms with Crippen LogP contribution in [0, 0.1) is 5.82 Å². The zero-order chi connectivity index (χ0) is 23.6. The summed E-state index contributed by atoms with van der Waals surface area (Å²) in [6.45, 7) is 0. The van der Waals surface area contributed by atoms with Crippen molar-refractivity contribution >= 4 is 44.7 Å². The summed E-state index contributed by atoms with van der Waals surface area (Å²) in [5.41, 5.74) is 7.28. The first kappa shape index (κ1) is 22.7. The third-order valence-corrected chi connectivity index (χ3v) is 5.77. The monoisotopic (exact) mass is 460 g/mol. The van der Waals surface area contributed by atoms with E-state index in [2.05, 4.69) is 10.3 Å². The summed E-state index contributed by atoms with van der Waals surface area (Å²) in [6, 6.07) is 9.30. The molecule has 168 valence electrons. The maximum atomic E-state index is 13.8. The quantitative estimate of drug-likeness (QED) is 0.491. The largest absolute Gasteiger partial charge is 0.368 e. The van der Waals surface area contributed by atoms with Crippen LogP contribution in [-0.2, 0) is 15.0 Å². The number of nitrogen functional groups attached to an aromatic ring is 1. The first-order valence-electron chi connectivity index (χ1n) is 9.26. The van der Waals surface area contributed by atoms with Crippen molar-refractivity contribution < 1.29 is 22.4 Å². The lowest BCUT2D eigenvalue weighted by atomic mass is 9.97. The second-order valence-electron chi connectivity index (χ2n) is 6.93. The van der Waals surface area contributed by atoms with Crippen LogP contribution >= 0.6 is 0 Å². The van der Waals surface area contributed by atoms with Gasteiger partial charge in [0.05, 0.1) is 11.0 Å². The topological polar surface area (TPSA) is 139 Å². The number of benzene rings is 2. The van der Waals surface area contributed by atoms with E-state index in [1.807, 2.05) is 4.72 Å². The highest BCUT2D eigenvalue weighted by Crippen LogP contribution is 2.29. The van der Waals surface area contributed by atoms with Gasteiger partial charge in [0, 0.05) is 27.2 Å². The molecule has 0 unspecified atom stereocenters. The average Bonchev–Trinajstić information content (AvgIpc) is 3.07. The van der Waals surface area contributed by atoms with Crippen molar-refractivity contribution in [2.24, 2.45) is 0 Å². The van der Waals surface area contributed by atoms with Crippen molar-refractivity contribution in [1.29, 1.82) is 0 Å². The lowest BCUT2D eigenvalue weighted by Crippen LogP contribution is -2.41. The number of anilines is 1. The van der Waals surface area contributed by atoms with Crippen LogP contribution in [0.1, 0.15) is 11.1 Å². The Kier molecular flexibility index (Phi) is 6.16. The van der Waals surface area contributed by atoms with Gasteiger partial charge in [0.2, 0.25) is 11.9 Å². The summed E-state index contributed by atoms with van der Waals surface area (Å²) >= 11 is 0. The van der Waals surface area contributed by atoms with Crippen LogP contribution in [0.25, 0.3) is 16.6 Å². The predicted molar refractivity (Wildman–Crippen MR) is 118 cm³/mol. The minimum Gasteiger partial charge on any atom is -0.368 e. The van der Waals surface area contributed by atoms with Gasteiger partial charge in [-0.05, 0) is 41.0 Å². The van der Waals surface area contributed by atoms with Crippen molar-refractivity contribution in [3.63, 3.8) is 0 Å². The van der Waals surface area contributed by atoms with Gasteiger partial charge in [-0.15, -0.1) is 0 Å². The van der Waals surface area contributed by atoms with Crippen LogP contribution in [0.15, 0.2) is 48.5 Å². The van der Waals surface area contributed by atoms with Crippen molar-refractivity contribution in [1.82, 2.24) is 23.9 Å². The lowest BCUT2D eigenvalue weighted by Gasteiger charge is -2.14. The number of rotatable bonds is 5. The molecule has 10 nitrogen and oxygen atoms in total. The highest BCUT2D eigenvalue weighted by Gasteiger charge is 2.24. The van der Waals surface area contributed by atoms with E-state index < -0.39 is 28.0 Å². The number of nitrogens with zero attached hydrogens (tertiary/aromatic N) is 3. The minimum atomic E-state index is -4.43. The Hall–Kier alpha value is -3.93. The first-order chi connectivity index (χ1) is 15.0. The normalized spacial score (nSPS) is 11.9. The van der Waals surface area contributed by atoms with Gasteiger partial charge in [-0.25, -0.2) is 18.9 Å². The maximum Gasteiger partial charge on any atom is 0.334 e. The zero-order valence-corrected chi connectivity index (χ0v) is 18.3. The molecule has 3 rings (SSSR count). The fourth-order valence-corrected chi connectivity index (χ4v) is 4.12. The van der Waals surface area contributed by atoms with E-state index >= 15 is 0 Å². The Morgan fingerprint density at radius 3 is 2.47 bits per heavy atom. The number of likely N-dealkylation sites (N-methyl/N-ethyl adjacent to an activating group) is 1. The number of urea groups is 1. The third kappa shape index (κ3) is 4.54. The van der Waals surface area contributed by atoms with E-state index in [1.165, 1.54) is 57.6 Å². The number of nitrogens with one attached hydrogen (secondary N) is 2. The molecule has 1 heterocycles. The highest BCUT2D eigenvalue weighted by molar-refractivity contribution is 7.88. The standard InChI is InChI=1S/C20H21FN6O4S/c1-23-18(28)11-15(12-5-4-6-14(21)9-12)13-7-8-16-17(10-13)27(19(22)24-16)32(30,31)25-20(29)26(2)3/h4-11H,1-3H3,(H2,22,24)(H,23,28)(H,25,29). The molecule has 3 amide bonds. The van der Waals surface area contributed by atoms with Crippen LogP contribution in [0.5, 0.6) is 0 Å². The fraction of sp³-hybridized carbons (Fsp3) is 0.150. The van der Waals surface area contributed by atoms with E-state index in [0.29, 0.717) is 20.7 Å². The molecule has 0 fully saturated rings. The zero-order valence-electron chi connectivity index (χ0n) is 17.5. The molecule has 0 aliphatic rings. The van der Waals surface area contributed by atoms with E-state index in [1.54, 1.807) is 12.1 Å². The second-order valence-corrected chi connectivity index (χ2v) is 8.45. The Balaban J connectivity index is 2.22. The summed E-state index contributed by atoms with van der Waals surface area (Å²) < 4.78 is 42.1. The minimum absolute atomic E-state index is 0.0678. The van der Waals surface area contributed by atoms with Crippen molar-refractivity contribution in [3.05, 3.63) is 65.5 Å². The molecule has 0 spiro atoms. The smallest absolute Gasteiger partial charge is 0.334 e. The molecule has 0 atom stereocenters. The van der Waals surface area contributed by atoms with E-state index in [0.717, 1.165) is 4.90 Å². The third-order valence-electron chi connectivity index (χ3n) is 4.47. The van der Waals surface area contributed by atoms with Crippen LogP contribution in [0.2, 0.25) is 0 Å². The Bertz CT molecular complexity index is 1350. The van der Waals surface area contributed by atoms with Gasteiger partial charge >= 0.3 is 16.2 Å². The molecule has 0 aliphatic carbocycles. The maximum absolute atomic E-state index is 13.8. The summed E-state index contributed by atoms with van der Waals surface area (Å²) in [6.07, 6.45) is 1.27. The molecule has 0 saturated carbocycles. The molecule has 0 bridgehead atoms. The van der Waals surface area contributed by atoms with Gasteiger partial charge in [-0.3, -0.25) is 4.79 Å². The van der Waals surface area contributed by atoms with E-state index in [4.69, 9.17) is 5.73 Å². The van der Waals surface area contributed by atoms with Crippen molar-refractivity contribution in [3.8, 4) is 0 Å². The number of hydrogen-bond acceptors (Lipinski definition) is 6. The second kappa shape index (κ2) is 8.67. The number of fused-ring (bicyclic) bond motifs is 1. The van der Waals surface area contributed by atoms with Crippen molar-refractivity contribution in [2.45, 2.75) is 0 Å². The number of halogens is 1. The Morgan fingerprint density at radius 2 is 1.84 bits per heavy atom. The fourth-order valence-electron chi connectivity index (χ4n) is 2.93. The van der Waals surface area contributed by atoms with Crippen LogP contribution < -0.4 is 15.8 Å². The lowest BCUT2D eigenvalue weighted by molar-refractivity contribution is -0.116. The number of hydrogen-bond donors (Lipinski definition) is 3. The number of aromatic nitrogens is 2. The summed E-state index contributed by atoms with van der Waals surface area (Å²) in [7, 11) is -0.221. The van der Waals surface area contributed by atoms with Gasteiger partial charge in [0.1, 0.15) is 5.82 Å².